The first kappa shape index (κ1) is 15.0. The summed E-state index contributed by atoms with van der Waals surface area (Å²) in [7, 11) is 0. The van der Waals surface area contributed by atoms with E-state index in [1.165, 1.54) is 37.8 Å². The molecule has 0 aromatic heterocycles. The van der Waals surface area contributed by atoms with Gasteiger partial charge in [-0.15, -0.1) is 0 Å². The SMILES string of the molecule is CCC1CCCCN1Cc1ccc(C(C)C(=O)O)cc1. The molecule has 0 aliphatic carbocycles. The lowest BCUT2D eigenvalue weighted by Gasteiger charge is -2.35. The van der Waals surface area contributed by atoms with E-state index in [9.17, 15) is 4.79 Å². The average molecular weight is 275 g/mol. The maximum atomic E-state index is 11.0. The molecule has 1 fully saturated rings. The van der Waals surface area contributed by atoms with Crippen molar-refractivity contribution < 1.29 is 9.90 Å². The molecule has 2 unspecified atom stereocenters. The Morgan fingerprint density at radius 2 is 2.05 bits per heavy atom. The fourth-order valence-electron chi connectivity index (χ4n) is 3.02. The molecule has 3 heteroatoms. The Morgan fingerprint density at radius 1 is 1.35 bits per heavy atom. The van der Waals surface area contributed by atoms with Gasteiger partial charge in [0, 0.05) is 12.6 Å². The molecule has 2 atom stereocenters. The predicted octanol–water partition coefficient (Wildman–Crippen LogP) is 3.64. The van der Waals surface area contributed by atoms with Crippen LogP contribution >= 0.6 is 0 Å². The molecule has 0 amide bonds. The van der Waals surface area contributed by atoms with Crippen molar-refractivity contribution >= 4 is 5.97 Å². The molecule has 2 rings (SSSR count). The van der Waals surface area contributed by atoms with Crippen molar-refractivity contribution in [2.75, 3.05) is 6.54 Å². The Labute approximate surface area is 121 Å². The van der Waals surface area contributed by atoms with Gasteiger partial charge < -0.3 is 5.11 Å². The first-order chi connectivity index (χ1) is 9.61. The van der Waals surface area contributed by atoms with Crippen LogP contribution in [0.3, 0.4) is 0 Å². The van der Waals surface area contributed by atoms with Crippen LogP contribution < -0.4 is 0 Å². The monoisotopic (exact) mass is 275 g/mol. The Bertz CT molecular complexity index is 441. The lowest BCUT2D eigenvalue weighted by molar-refractivity contribution is -0.138. The van der Waals surface area contributed by atoms with Crippen molar-refractivity contribution in [2.45, 2.75) is 58.0 Å². The Hall–Kier alpha value is -1.35. The smallest absolute Gasteiger partial charge is 0.310 e. The predicted molar refractivity (Wildman–Crippen MR) is 80.8 cm³/mol. The topological polar surface area (TPSA) is 40.5 Å². The molecule has 1 aliphatic heterocycles. The molecule has 1 N–H and O–H groups in total. The van der Waals surface area contributed by atoms with Gasteiger partial charge in [0.25, 0.3) is 0 Å². The van der Waals surface area contributed by atoms with Gasteiger partial charge in [-0.2, -0.15) is 0 Å². The van der Waals surface area contributed by atoms with Crippen molar-refractivity contribution in [3.8, 4) is 0 Å². The van der Waals surface area contributed by atoms with E-state index in [1.54, 1.807) is 6.92 Å². The van der Waals surface area contributed by atoms with E-state index < -0.39 is 11.9 Å². The third kappa shape index (κ3) is 3.60. The highest BCUT2D eigenvalue weighted by Crippen LogP contribution is 2.22. The number of carboxylic acids is 1. The van der Waals surface area contributed by atoms with Crippen LogP contribution in [0.25, 0.3) is 0 Å². The first-order valence-electron chi connectivity index (χ1n) is 7.67. The van der Waals surface area contributed by atoms with Crippen LogP contribution in [-0.2, 0) is 11.3 Å². The molecule has 1 aromatic carbocycles. The molecule has 0 spiro atoms. The number of hydrogen-bond acceptors (Lipinski definition) is 2. The van der Waals surface area contributed by atoms with Crippen LogP contribution in [0.15, 0.2) is 24.3 Å². The lowest BCUT2D eigenvalue weighted by Crippen LogP contribution is -2.38. The minimum atomic E-state index is -0.764. The standard InChI is InChI=1S/C17H25NO2/c1-3-16-6-4-5-11-18(16)12-14-7-9-15(10-8-14)13(2)17(19)20/h7-10,13,16H,3-6,11-12H2,1-2H3,(H,19,20). The molecule has 1 saturated heterocycles. The van der Waals surface area contributed by atoms with E-state index in [4.69, 9.17) is 5.11 Å². The van der Waals surface area contributed by atoms with E-state index in [1.807, 2.05) is 12.1 Å². The highest BCUT2D eigenvalue weighted by Gasteiger charge is 2.20. The second-order valence-electron chi connectivity index (χ2n) is 5.83. The van der Waals surface area contributed by atoms with E-state index in [0.29, 0.717) is 6.04 Å². The van der Waals surface area contributed by atoms with Crippen molar-refractivity contribution in [1.82, 2.24) is 4.90 Å². The van der Waals surface area contributed by atoms with E-state index in [-0.39, 0.29) is 0 Å². The highest BCUT2D eigenvalue weighted by atomic mass is 16.4. The van der Waals surface area contributed by atoms with Crippen molar-refractivity contribution in [2.24, 2.45) is 0 Å². The number of rotatable bonds is 5. The van der Waals surface area contributed by atoms with Gasteiger partial charge in [0.1, 0.15) is 0 Å². The summed E-state index contributed by atoms with van der Waals surface area (Å²) in [6.45, 7) is 6.17. The van der Waals surface area contributed by atoms with Crippen molar-refractivity contribution in [3.05, 3.63) is 35.4 Å². The number of likely N-dealkylation sites (tertiary alicyclic amines) is 1. The molecular formula is C17H25NO2. The first-order valence-corrected chi connectivity index (χ1v) is 7.67. The average Bonchev–Trinajstić information content (AvgIpc) is 2.48. The van der Waals surface area contributed by atoms with Crippen LogP contribution in [0, 0.1) is 0 Å². The lowest BCUT2D eigenvalue weighted by atomic mass is 9.97. The van der Waals surface area contributed by atoms with E-state index in [2.05, 4.69) is 24.0 Å². The summed E-state index contributed by atoms with van der Waals surface area (Å²) in [6.07, 6.45) is 5.17. The Morgan fingerprint density at radius 3 is 2.65 bits per heavy atom. The number of hydrogen-bond donors (Lipinski definition) is 1. The molecule has 1 aliphatic rings. The van der Waals surface area contributed by atoms with Crippen LogP contribution in [-0.4, -0.2) is 28.6 Å². The fraction of sp³-hybridized carbons (Fsp3) is 0.588. The third-order valence-corrected chi connectivity index (χ3v) is 4.46. The van der Waals surface area contributed by atoms with Gasteiger partial charge in [-0.05, 0) is 43.9 Å². The number of carboxylic acid groups (broad SMARTS) is 1. The fourth-order valence-corrected chi connectivity index (χ4v) is 3.02. The summed E-state index contributed by atoms with van der Waals surface area (Å²) in [4.78, 5) is 13.5. The number of benzene rings is 1. The van der Waals surface area contributed by atoms with Crippen molar-refractivity contribution in [1.29, 1.82) is 0 Å². The molecule has 3 nitrogen and oxygen atoms in total. The minimum Gasteiger partial charge on any atom is -0.481 e. The van der Waals surface area contributed by atoms with E-state index >= 15 is 0 Å². The number of nitrogens with zero attached hydrogens (tertiary/aromatic N) is 1. The quantitative estimate of drug-likeness (QED) is 0.892. The van der Waals surface area contributed by atoms with Gasteiger partial charge in [-0.25, -0.2) is 0 Å². The van der Waals surface area contributed by atoms with Gasteiger partial charge >= 0.3 is 5.97 Å². The second kappa shape index (κ2) is 6.89. The van der Waals surface area contributed by atoms with E-state index in [0.717, 1.165) is 12.1 Å². The minimum absolute atomic E-state index is 0.428. The van der Waals surface area contributed by atoms with Crippen LogP contribution in [0.1, 0.15) is 56.6 Å². The number of carbonyl (C=O) groups is 1. The van der Waals surface area contributed by atoms with Crippen molar-refractivity contribution in [3.63, 3.8) is 0 Å². The van der Waals surface area contributed by atoms with Crippen LogP contribution in [0.2, 0.25) is 0 Å². The molecule has 0 radical (unpaired) electrons. The van der Waals surface area contributed by atoms with Gasteiger partial charge in [0.05, 0.1) is 5.92 Å². The van der Waals surface area contributed by atoms with Crippen LogP contribution in [0.5, 0.6) is 0 Å². The maximum Gasteiger partial charge on any atom is 0.310 e. The normalized spacial score (nSPS) is 21.6. The molecule has 20 heavy (non-hydrogen) atoms. The zero-order valence-electron chi connectivity index (χ0n) is 12.5. The summed E-state index contributed by atoms with van der Waals surface area (Å²) < 4.78 is 0. The highest BCUT2D eigenvalue weighted by molar-refractivity contribution is 5.75. The van der Waals surface area contributed by atoms with Gasteiger partial charge in [0.2, 0.25) is 0 Å². The van der Waals surface area contributed by atoms with Crippen LogP contribution in [0.4, 0.5) is 0 Å². The molecule has 110 valence electrons. The largest absolute Gasteiger partial charge is 0.481 e. The van der Waals surface area contributed by atoms with Gasteiger partial charge in [0.15, 0.2) is 0 Å². The van der Waals surface area contributed by atoms with Gasteiger partial charge in [-0.1, -0.05) is 37.6 Å². The summed E-state index contributed by atoms with van der Waals surface area (Å²) in [5.41, 5.74) is 2.17. The maximum absolute atomic E-state index is 11.0. The summed E-state index contributed by atoms with van der Waals surface area (Å²) in [5, 5.41) is 9.02. The molecular weight excluding hydrogens is 250 g/mol. The second-order valence-corrected chi connectivity index (χ2v) is 5.83. The number of aliphatic carboxylic acids is 1. The molecule has 1 heterocycles. The molecule has 1 aromatic rings. The Balaban J connectivity index is 2.01. The third-order valence-electron chi connectivity index (χ3n) is 4.46. The zero-order chi connectivity index (χ0) is 14.5. The Kier molecular flexibility index (Phi) is 5.18. The summed E-state index contributed by atoms with van der Waals surface area (Å²) in [5.74, 6) is -1.19. The number of piperidine rings is 1. The molecule has 0 bridgehead atoms. The van der Waals surface area contributed by atoms with Gasteiger partial charge in [-0.3, -0.25) is 9.69 Å². The summed E-state index contributed by atoms with van der Waals surface area (Å²) >= 11 is 0. The molecule has 0 saturated carbocycles. The zero-order valence-corrected chi connectivity index (χ0v) is 12.5. The summed E-state index contributed by atoms with van der Waals surface area (Å²) in [6, 6.07) is 8.78.